The zero-order valence-corrected chi connectivity index (χ0v) is 28.4. The van der Waals surface area contributed by atoms with Crippen molar-refractivity contribution in [2.45, 2.75) is 51.4 Å². The van der Waals surface area contributed by atoms with E-state index in [9.17, 15) is 23.8 Å². The van der Waals surface area contributed by atoms with E-state index in [1.807, 2.05) is 11.8 Å². The van der Waals surface area contributed by atoms with E-state index in [1.165, 1.54) is 13.2 Å². The van der Waals surface area contributed by atoms with Gasteiger partial charge in [-0.15, -0.1) is 0 Å². The van der Waals surface area contributed by atoms with Crippen molar-refractivity contribution in [2.75, 3.05) is 32.1 Å². The number of aliphatic hydroxyl groups excluding tert-OH is 1. The Morgan fingerprint density at radius 1 is 1.12 bits per heavy atom. The molecule has 2 aromatic heterocycles. The van der Waals surface area contributed by atoms with E-state index in [0.29, 0.717) is 94.9 Å². The fourth-order valence-corrected chi connectivity index (χ4v) is 7.20. The number of aromatic nitrogens is 3. The first-order valence-electron chi connectivity index (χ1n) is 15.8. The van der Waals surface area contributed by atoms with Gasteiger partial charge in [0.2, 0.25) is 5.88 Å². The molecule has 258 valence electrons. The van der Waals surface area contributed by atoms with Crippen LogP contribution in [0.3, 0.4) is 0 Å². The first-order valence-corrected chi connectivity index (χ1v) is 16.5. The number of anilines is 1. The van der Waals surface area contributed by atoms with E-state index in [1.54, 1.807) is 42.6 Å². The van der Waals surface area contributed by atoms with Crippen LogP contribution in [0, 0.1) is 5.92 Å². The average Bonchev–Trinajstić information content (AvgIpc) is 3.05. The van der Waals surface area contributed by atoms with Crippen LogP contribution in [0.15, 0.2) is 48.7 Å². The molecule has 2 aliphatic rings. The number of ether oxygens (including phenoxy) is 2. The Kier molecular flexibility index (Phi) is 10.3. The van der Waals surface area contributed by atoms with Crippen LogP contribution in [0.4, 0.5) is 14.5 Å². The van der Waals surface area contributed by atoms with Crippen molar-refractivity contribution < 1.29 is 33.3 Å². The maximum Gasteiger partial charge on any atom is 0.387 e. The summed E-state index contributed by atoms with van der Waals surface area (Å²) in [5.41, 5.74) is 3.31. The van der Waals surface area contributed by atoms with Crippen molar-refractivity contribution >= 4 is 34.8 Å². The topological polar surface area (TPSA) is 130 Å². The number of alkyl halides is 2. The third kappa shape index (κ3) is 7.63. The number of benzene rings is 2. The standard InChI is InChI=1S/C35H35Cl2F2N5O5/c1-35(47)15-19(16-35)13-26-33(48-2)43-27(17-40-26)23-7-3-5-20(30(23)36)21-6-4-8-24(31(21)37)42-32(46)25-14-29(49-34(38)39)22-9-10-44(11-12-45)18-28(22)41-25/h3-8,14,17,19,34,45,47H,9-13,15-16,18H2,1-2H3,(H,42,46). The minimum Gasteiger partial charge on any atom is -0.480 e. The van der Waals surface area contributed by atoms with Crippen molar-refractivity contribution in [3.63, 3.8) is 0 Å². The number of nitrogens with zero attached hydrogens (tertiary/aromatic N) is 4. The third-order valence-corrected chi connectivity index (χ3v) is 9.66. The molecule has 0 atom stereocenters. The lowest BCUT2D eigenvalue weighted by Gasteiger charge is -2.40. The van der Waals surface area contributed by atoms with Gasteiger partial charge >= 0.3 is 6.61 Å². The lowest BCUT2D eigenvalue weighted by molar-refractivity contribution is -0.0569. The van der Waals surface area contributed by atoms with Gasteiger partial charge in [-0.25, -0.2) is 9.97 Å². The number of fused-ring (bicyclic) bond motifs is 1. The number of halogens is 4. The molecule has 1 fully saturated rings. The van der Waals surface area contributed by atoms with Gasteiger partial charge in [0, 0.05) is 48.0 Å². The number of carbonyl (C=O) groups is 1. The van der Waals surface area contributed by atoms with E-state index in [0.717, 1.165) is 0 Å². The number of methoxy groups -OCH3 is 1. The smallest absolute Gasteiger partial charge is 0.387 e. The number of nitrogens with one attached hydrogen (secondary N) is 1. The Labute approximate surface area is 292 Å². The van der Waals surface area contributed by atoms with Gasteiger partial charge in [-0.1, -0.05) is 53.5 Å². The first kappa shape index (κ1) is 34.9. The number of hydrogen-bond donors (Lipinski definition) is 3. The fourth-order valence-electron chi connectivity index (χ4n) is 6.60. The molecule has 1 aliphatic carbocycles. The Morgan fingerprint density at radius 2 is 1.84 bits per heavy atom. The van der Waals surface area contributed by atoms with Crippen LogP contribution in [0.2, 0.25) is 10.0 Å². The lowest BCUT2D eigenvalue weighted by atomic mass is 9.70. The summed E-state index contributed by atoms with van der Waals surface area (Å²) in [5, 5.41) is 22.8. The van der Waals surface area contributed by atoms with Crippen LogP contribution >= 0.6 is 23.2 Å². The summed E-state index contributed by atoms with van der Waals surface area (Å²) >= 11 is 13.8. The van der Waals surface area contributed by atoms with Gasteiger partial charge in [-0.3, -0.25) is 14.7 Å². The number of aliphatic hydroxyl groups is 2. The molecule has 0 bridgehead atoms. The predicted molar refractivity (Wildman–Crippen MR) is 181 cm³/mol. The molecule has 0 unspecified atom stereocenters. The van der Waals surface area contributed by atoms with Gasteiger partial charge in [0.15, 0.2) is 0 Å². The maximum atomic E-state index is 13.5. The minimum absolute atomic E-state index is 0.0718. The molecule has 1 aliphatic heterocycles. The Morgan fingerprint density at radius 3 is 2.53 bits per heavy atom. The maximum absolute atomic E-state index is 13.5. The predicted octanol–water partition coefficient (Wildman–Crippen LogP) is 6.43. The van der Waals surface area contributed by atoms with Crippen molar-refractivity contribution in [1.29, 1.82) is 0 Å². The summed E-state index contributed by atoms with van der Waals surface area (Å²) in [4.78, 5) is 29.2. The average molecular weight is 715 g/mol. The molecule has 6 rings (SSSR count). The van der Waals surface area contributed by atoms with Gasteiger partial charge in [-0.05, 0) is 44.6 Å². The normalized spacial score (nSPS) is 18.9. The summed E-state index contributed by atoms with van der Waals surface area (Å²) < 4.78 is 36.9. The molecule has 1 saturated carbocycles. The zero-order chi connectivity index (χ0) is 34.9. The Balaban J connectivity index is 1.26. The third-order valence-electron chi connectivity index (χ3n) is 8.84. The summed E-state index contributed by atoms with van der Waals surface area (Å²) in [6, 6.07) is 11.7. The fraction of sp³-hybridized carbons (Fsp3) is 0.371. The molecule has 3 heterocycles. The highest BCUT2D eigenvalue weighted by atomic mass is 35.5. The van der Waals surface area contributed by atoms with Crippen LogP contribution in [0.5, 0.6) is 11.6 Å². The number of β-amino-alcohol motifs (C(OH)–C–C–N with tert-alkyl or cyclic N) is 1. The summed E-state index contributed by atoms with van der Waals surface area (Å²) in [5.74, 6) is -0.106. The second kappa shape index (κ2) is 14.5. The van der Waals surface area contributed by atoms with E-state index in [2.05, 4.69) is 20.3 Å². The lowest BCUT2D eigenvalue weighted by Crippen LogP contribution is -2.41. The van der Waals surface area contributed by atoms with E-state index in [4.69, 9.17) is 32.7 Å². The second-order valence-corrected chi connectivity index (χ2v) is 13.3. The van der Waals surface area contributed by atoms with E-state index < -0.39 is 18.1 Å². The zero-order valence-electron chi connectivity index (χ0n) is 26.9. The number of amides is 1. The van der Waals surface area contributed by atoms with Crippen LogP contribution in [0.25, 0.3) is 22.4 Å². The van der Waals surface area contributed by atoms with Crippen molar-refractivity contribution in [1.82, 2.24) is 19.9 Å². The highest BCUT2D eigenvalue weighted by molar-refractivity contribution is 6.39. The summed E-state index contributed by atoms with van der Waals surface area (Å²) in [6.07, 6.45) is 4.04. The van der Waals surface area contributed by atoms with Gasteiger partial charge in [0.05, 0.1) is 52.6 Å². The molecule has 1 amide bonds. The van der Waals surface area contributed by atoms with Crippen LogP contribution in [-0.4, -0.2) is 75.0 Å². The molecule has 0 radical (unpaired) electrons. The minimum atomic E-state index is -3.08. The second-order valence-electron chi connectivity index (χ2n) is 12.5. The van der Waals surface area contributed by atoms with Gasteiger partial charge in [0.25, 0.3) is 5.91 Å². The van der Waals surface area contributed by atoms with Crippen molar-refractivity contribution in [2.24, 2.45) is 5.92 Å². The number of hydrogen-bond acceptors (Lipinski definition) is 9. The van der Waals surface area contributed by atoms with Gasteiger partial charge < -0.3 is 25.0 Å². The molecular formula is C35H35Cl2F2N5O5. The highest BCUT2D eigenvalue weighted by Gasteiger charge is 2.39. The monoisotopic (exact) mass is 713 g/mol. The molecule has 2 aromatic carbocycles. The largest absolute Gasteiger partial charge is 0.480 e. The summed E-state index contributed by atoms with van der Waals surface area (Å²) in [7, 11) is 1.53. The SMILES string of the molecule is COc1nc(-c2cccc(-c3cccc(NC(=O)c4cc(OC(F)F)c5c(n4)CN(CCO)CC5)c3Cl)c2Cl)cnc1CC1CC(C)(O)C1. The van der Waals surface area contributed by atoms with Crippen molar-refractivity contribution in [3.05, 3.63) is 81.4 Å². The van der Waals surface area contributed by atoms with Crippen molar-refractivity contribution in [3.8, 4) is 34.0 Å². The number of carbonyl (C=O) groups excluding carboxylic acids is 1. The first-order chi connectivity index (χ1) is 23.5. The number of rotatable bonds is 11. The van der Waals surface area contributed by atoms with Gasteiger partial charge in [0.1, 0.15) is 17.1 Å². The molecule has 0 saturated heterocycles. The molecule has 49 heavy (non-hydrogen) atoms. The highest BCUT2D eigenvalue weighted by Crippen LogP contribution is 2.43. The van der Waals surface area contributed by atoms with E-state index >= 15 is 0 Å². The Bertz CT molecular complexity index is 1870. The quantitative estimate of drug-likeness (QED) is 0.161. The molecule has 14 heteroatoms. The van der Waals surface area contributed by atoms with E-state index in [-0.39, 0.29) is 35.3 Å². The molecule has 0 spiro atoms. The van der Waals surface area contributed by atoms with Crippen LogP contribution in [-0.2, 0) is 19.4 Å². The Hall–Kier alpha value is -3.94. The summed E-state index contributed by atoms with van der Waals surface area (Å²) in [6.45, 7) is -0.150. The van der Waals surface area contributed by atoms with Gasteiger partial charge in [-0.2, -0.15) is 8.78 Å². The van der Waals surface area contributed by atoms with Crippen LogP contribution < -0.4 is 14.8 Å². The molecular weight excluding hydrogens is 679 g/mol. The molecule has 3 N–H and O–H groups in total. The molecule has 4 aromatic rings. The molecule has 10 nitrogen and oxygen atoms in total. The van der Waals surface area contributed by atoms with Crippen LogP contribution in [0.1, 0.15) is 47.2 Å². The number of pyridine rings is 1.